The van der Waals surface area contributed by atoms with Gasteiger partial charge < -0.3 is 16.4 Å². The summed E-state index contributed by atoms with van der Waals surface area (Å²) in [6.07, 6.45) is 4.20. The molecule has 19 heavy (non-hydrogen) atoms. The van der Waals surface area contributed by atoms with Gasteiger partial charge in [0.15, 0.2) is 0 Å². The highest BCUT2D eigenvalue weighted by Gasteiger charge is 2.24. The quantitative estimate of drug-likeness (QED) is 0.895. The van der Waals surface area contributed by atoms with E-state index in [-0.39, 0.29) is 0 Å². The number of anilines is 1. The lowest BCUT2D eigenvalue weighted by atomic mass is 9.90. The maximum atomic E-state index is 11.6. The first-order valence-electron chi connectivity index (χ1n) is 6.57. The van der Waals surface area contributed by atoms with Gasteiger partial charge in [0.05, 0.1) is 5.56 Å². The number of nitrogens with two attached hydrogens (primary N) is 2. The van der Waals surface area contributed by atoms with Crippen LogP contribution in [0.3, 0.4) is 0 Å². The average molecular weight is 326 g/mol. The summed E-state index contributed by atoms with van der Waals surface area (Å²) in [5, 5.41) is 0. The highest BCUT2D eigenvalue weighted by molar-refractivity contribution is 9.10. The van der Waals surface area contributed by atoms with Crippen molar-refractivity contribution in [3.8, 4) is 0 Å². The van der Waals surface area contributed by atoms with E-state index in [1.54, 1.807) is 6.07 Å². The van der Waals surface area contributed by atoms with Crippen LogP contribution in [0.1, 0.15) is 36.0 Å². The zero-order chi connectivity index (χ0) is 14.0. The van der Waals surface area contributed by atoms with Crippen LogP contribution in [0.15, 0.2) is 22.7 Å². The molecule has 1 saturated carbocycles. The molecule has 1 aliphatic carbocycles. The van der Waals surface area contributed by atoms with Gasteiger partial charge in [-0.3, -0.25) is 4.79 Å². The molecule has 0 heterocycles. The summed E-state index contributed by atoms with van der Waals surface area (Å²) in [6, 6.07) is 6.41. The molecule has 0 atom stereocenters. The third kappa shape index (κ3) is 3.28. The Bertz CT molecular complexity index is 470. The smallest absolute Gasteiger partial charge is 0.250 e. The maximum absolute atomic E-state index is 11.6. The van der Waals surface area contributed by atoms with Gasteiger partial charge in [-0.05, 0) is 43.9 Å². The Balaban J connectivity index is 2.23. The van der Waals surface area contributed by atoms with E-state index < -0.39 is 5.91 Å². The molecule has 1 aromatic rings. The normalized spacial score (nSPS) is 23.1. The van der Waals surface area contributed by atoms with Gasteiger partial charge in [0.1, 0.15) is 0 Å². The first-order valence-corrected chi connectivity index (χ1v) is 7.36. The zero-order valence-corrected chi connectivity index (χ0v) is 12.7. The number of rotatable bonds is 3. The Kier molecular flexibility index (Phi) is 4.47. The molecule has 0 aliphatic heterocycles. The Morgan fingerprint density at radius 2 is 1.95 bits per heavy atom. The van der Waals surface area contributed by atoms with Crippen molar-refractivity contribution in [3.63, 3.8) is 0 Å². The van der Waals surface area contributed by atoms with E-state index in [0.29, 0.717) is 17.6 Å². The molecule has 0 bridgehead atoms. The lowest BCUT2D eigenvalue weighted by molar-refractivity contribution is 0.100. The monoisotopic (exact) mass is 325 g/mol. The fourth-order valence-electron chi connectivity index (χ4n) is 2.70. The molecule has 4 nitrogen and oxygen atoms in total. The summed E-state index contributed by atoms with van der Waals surface area (Å²) in [5.74, 6) is -0.393. The second kappa shape index (κ2) is 5.92. The Morgan fingerprint density at radius 1 is 1.32 bits per heavy atom. The number of amides is 1. The number of nitrogens with zero attached hydrogens (tertiary/aromatic N) is 1. The minimum atomic E-state index is -0.393. The van der Waals surface area contributed by atoms with Crippen LogP contribution in [-0.2, 0) is 0 Å². The molecule has 0 spiro atoms. The standard InChI is InChI=1S/C14H20BrN3O/c1-18(11-5-3-10(16)4-6-11)13-7-2-9(15)8-12(13)14(17)19/h2,7-8,10-11H,3-6,16H2,1H3,(H2,17,19). The Morgan fingerprint density at radius 3 is 2.53 bits per heavy atom. The van der Waals surface area contributed by atoms with Crippen molar-refractivity contribution < 1.29 is 4.79 Å². The van der Waals surface area contributed by atoms with Crippen LogP contribution in [-0.4, -0.2) is 25.0 Å². The highest BCUT2D eigenvalue weighted by atomic mass is 79.9. The van der Waals surface area contributed by atoms with Crippen molar-refractivity contribution in [1.82, 2.24) is 0 Å². The zero-order valence-electron chi connectivity index (χ0n) is 11.1. The molecule has 1 fully saturated rings. The van der Waals surface area contributed by atoms with Crippen LogP contribution in [0.4, 0.5) is 5.69 Å². The number of hydrogen-bond donors (Lipinski definition) is 2. The van der Waals surface area contributed by atoms with Gasteiger partial charge in [0.2, 0.25) is 0 Å². The predicted octanol–water partition coefficient (Wildman–Crippen LogP) is 2.25. The van der Waals surface area contributed by atoms with E-state index >= 15 is 0 Å². The van der Waals surface area contributed by atoms with E-state index in [2.05, 4.69) is 20.8 Å². The van der Waals surface area contributed by atoms with Gasteiger partial charge in [-0.2, -0.15) is 0 Å². The molecular weight excluding hydrogens is 306 g/mol. The van der Waals surface area contributed by atoms with E-state index in [0.717, 1.165) is 35.8 Å². The van der Waals surface area contributed by atoms with Crippen molar-refractivity contribution in [2.75, 3.05) is 11.9 Å². The van der Waals surface area contributed by atoms with Crippen LogP contribution >= 0.6 is 15.9 Å². The number of hydrogen-bond acceptors (Lipinski definition) is 3. The molecule has 5 heteroatoms. The number of carbonyl (C=O) groups excluding carboxylic acids is 1. The first-order chi connectivity index (χ1) is 8.99. The van der Waals surface area contributed by atoms with Crippen LogP contribution < -0.4 is 16.4 Å². The number of benzene rings is 1. The number of carbonyl (C=O) groups is 1. The number of halogens is 1. The van der Waals surface area contributed by atoms with Gasteiger partial charge in [0.25, 0.3) is 5.91 Å². The molecule has 104 valence electrons. The van der Waals surface area contributed by atoms with E-state index in [4.69, 9.17) is 11.5 Å². The summed E-state index contributed by atoms with van der Waals surface area (Å²) < 4.78 is 0.865. The second-order valence-electron chi connectivity index (χ2n) is 5.21. The fourth-order valence-corrected chi connectivity index (χ4v) is 3.06. The topological polar surface area (TPSA) is 72.3 Å². The lowest BCUT2D eigenvalue weighted by Crippen LogP contribution is -2.39. The molecule has 2 rings (SSSR count). The first kappa shape index (κ1) is 14.3. The minimum Gasteiger partial charge on any atom is -0.371 e. The van der Waals surface area contributed by atoms with Crippen LogP contribution in [0.5, 0.6) is 0 Å². The van der Waals surface area contributed by atoms with E-state index in [9.17, 15) is 4.79 Å². The molecule has 1 aliphatic rings. The minimum absolute atomic E-state index is 0.324. The summed E-state index contributed by atoms with van der Waals surface area (Å²) in [5.41, 5.74) is 12.9. The second-order valence-corrected chi connectivity index (χ2v) is 6.12. The molecule has 1 amide bonds. The third-order valence-electron chi connectivity index (χ3n) is 3.89. The largest absolute Gasteiger partial charge is 0.371 e. The molecule has 0 unspecified atom stereocenters. The Labute approximate surface area is 122 Å². The average Bonchev–Trinajstić information content (AvgIpc) is 2.38. The van der Waals surface area contributed by atoms with E-state index in [1.807, 2.05) is 19.2 Å². The lowest BCUT2D eigenvalue weighted by Gasteiger charge is -2.35. The van der Waals surface area contributed by atoms with Crippen molar-refractivity contribution in [2.24, 2.45) is 11.5 Å². The predicted molar refractivity (Wildman–Crippen MR) is 81.3 cm³/mol. The van der Waals surface area contributed by atoms with Crippen LogP contribution in [0, 0.1) is 0 Å². The number of primary amides is 1. The van der Waals surface area contributed by atoms with Crippen LogP contribution in [0.25, 0.3) is 0 Å². The van der Waals surface area contributed by atoms with Crippen molar-refractivity contribution >= 4 is 27.5 Å². The SMILES string of the molecule is CN(c1ccc(Br)cc1C(N)=O)C1CCC(N)CC1. The summed E-state index contributed by atoms with van der Waals surface area (Å²) in [7, 11) is 2.02. The maximum Gasteiger partial charge on any atom is 0.250 e. The van der Waals surface area contributed by atoms with Gasteiger partial charge in [-0.1, -0.05) is 15.9 Å². The summed E-state index contributed by atoms with van der Waals surface area (Å²) in [4.78, 5) is 13.7. The molecule has 4 N–H and O–H groups in total. The Hall–Kier alpha value is -1.07. The molecule has 0 radical (unpaired) electrons. The van der Waals surface area contributed by atoms with Gasteiger partial charge in [-0.15, -0.1) is 0 Å². The molecular formula is C14H20BrN3O. The van der Waals surface area contributed by atoms with Gasteiger partial charge >= 0.3 is 0 Å². The van der Waals surface area contributed by atoms with Gasteiger partial charge in [-0.25, -0.2) is 0 Å². The van der Waals surface area contributed by atoms with E-state index in [1.165, 1.54) is 0 Å². The summed E-state index contributed by atoms with van der Waals surface area (Å²) in [6.45, 7) is 0. The molecule has 0 saturated heterocycles. The molecule has 0 aromatic heterocycles. The van der Waals surface area contributed by atoms with Gasteiger partial charge in [0, 0.05) is 29.3 Å². The highest BCUT2D eigenvalue weighted by Crippen LogP contribution is 2.29. The van der Waals surface area contributed by atoms with Crippen molar-refractivity contribution in [1.29, 1.82) is 0 Å². The summed E-state index contributed by atoms with van der Waals surface area (Å²) >= 11 is 3.37. The molecule has 1 aromatic carbocycles. The third-order valence-corrected chi connectivity index (χ3v) is 4.39. The van der Waals surface area contributed by atoms with Crippen molar-refractivity contribution in [3.05, 3.63) is 28.2 Å². The fraction of sp³-hybridized carbons (Fsp3) is 0.500. The van der Waals surface area contributed by atoms with Crippen LogP contribution in [0.2, 0.25) is 0 Å². The van der Waals surface area contributed by atoms with Crippen molar-refractivity contribution in [2.45, 2.75) is 37.8 Å².